The van der Waals surface area contributed by atoms with E-state index in [1.54, 1.807) is 32.0 Å². The number of amides is 2. The summed E-state index contributed by atoms with van der Waals surface area (Å²) >= 11 is 1.22. The third-order valence-corrected chi connectivity index (χ3v) is 8.17. The number of carbonyl (C=O) groups is 2. The van der Waals surface area contributed by atoms with Crippen LogP contribution in [-0.2, 0) is 21.1 Å². The number of hydrogen-bond acceptors (Lipinski definition) is 7. The molecule has 33 heavy (non-hydrogen) atoms. The maximum absolute atomic E-state index is 13.5. The third kappa shape index (κ3) is 5.72. The number of nitriles is 1. The average Bonchev–Trinajstić information content (AvgIpc) is 3.35. The molecule has 12 heteroatoms. The highest BCUT2D eigenvalue weighted by Gasteiger charge is 2.47. The average molecular weight is 497 g/mol. The van der Waals surface area contributed by atoms with Crippen LogP contribution in [0.25, 0.3) is 0 Å². The van der Waals surface area contributed by atoms with Gasteiger partial charge >= 0.3 is 0 Å². The summed E-state index contributed by atoms with van der Waals surface area (Å²) in [6.07, 6.45) is -0.339. The molecule has 1 fully saturated rings. The van der Waals surface area contributed by atoms with Crippen LogP contribution in [0.3, 0.4) is 0 Å². The molecule has 8 nitrogen and oxygen atoms in total. The van der Waals surface area contributed by atoms with E-state index in [1.807, 2.05) is 0 Å². The summed E-state index contributed by atoms with van der Waals surface area (Å²) in [5, 5.41) is 12.9. The molecule has 2 amide bonds. The molecule has 1 N–H and O–H groups in total. The lowest BCUT2D eigenvalue weighted by molar-refractivity contribution is -0.131. The van der Waals surface area contributed by atoms with Crippen molar-refractivity contribution in [3.63, 3.8) is 0 Å². The first kappa shape index (κ1) is 24.7. The van der Waals surface area contributed by atoms with E-state index >= 15 is 0 Å². The van der Waals surface area contributed by atoms with Gasteiger partial charge in [0.15, 0.2) is 9.84 Å². The second-order valence-corrected chi connectivity index (χ2v) is 11.4. The number of hydrogen-bond donors (Lipinski definition) is 1. The minimum Gasteiger partial charge on any atom is -0.342 e. The molecule has 1 aromatic carbocycles. The predicted octanol–water partition coefficient (Wildman–Crippen LogP) is 2.41. The zero-order chi connectivity index (χ0) is 24.4. The molecule has 3 rings (SSSR count). The molecule has 176 valence electrons. The summed E-state index contributed by atoms with van der Waals surface area (Å²) in [6.45, 7) is 1.85. The van der Waals surface area contributed by atoms with Crippen molar-refractivity contribution in [2.24, 2.45) is 0 Å². The van der Waals surface area contributed by atoms with Crippen molar-refractivity contribution in [3.8, 4) is 6.07 Å². The highest BCUT2D eigenvalue weighted by atomic mass is 32.2. The first-order chi connectivity index (χ1) is 15.4. The minimum absolute atomic E-state index is 0.0744. The lowest BCUT2D eigenvalue weighted by atomic mass is 10.2. The largest absolute Gasteiger partial charge is 0.342 e. The Morgan fingerprint density at radius 1 is 1.33 bits per heavy atom. The molecule has 2 aromatic rings. The molecule has 1 aliphatic heterocycles. The van der Waals surface area contributed by atoms with Crippen molar-refractivity contribution < 1.29 is 26.8 Å². The van der Waals surface area contributed by atoms with Crippen LogP contribution in [-0.4, -0.2) is 60.4 Å². The predicted molar refractivity (Wildman–Crippen MR) is 117 cm³/mol. The monoisotopic (exact) mass is 496 g/mol. The number of nitrogens with zero attached hydrogens (tertiary/aromatic N) is 3. The first-order valence-corrected chi connectivity index (χ1v) is 12.5. The fraction of sp³-hybridized carbons (Fsp3) is 0.429. The zero-order valence-corrected chi connectivity index (χ0v) is 19.5. The van der Waals surface area contributed by atoms with Gasteiger partial charge in [-0.05, 0) is 31.5 Å². The van der Waals surface area contributed by atoms with Crippen LogP contribution in [0.4, 0.5) is 8.78 Å². The van der Waals surface area contributed by atoms with E-state index in [4.69, 9.17) is 5.26 Å². The maximum atomic E-state index is 13.5. The number of sulfone groups is 1. The fourth-order valence-corrected chi connectivity index (χ4v) is 5.15. The lowest BCUT2D eigenvalue weighted by Crippen LogP contribution is -2.43. The summed E-state index contributed by atoms with van der Waals surface area (Å²) in [5.41, 5.74) is 0.886. The van der Waals surface area contributed by atoms with E-state index < -0.39 is 58.4 Å². The molecule has 0 spiro atoms. The molecule has 0 radical (unpaired) electrons. The van der Waals surface area contributed by atoms with Gasteiger partial charge in [-0.25, -0.2) is 22.2 Å². The van der Waals surface area contributed by atoms with Gasteiger partial charge in [0.25, 0.3) is 11.8 Å². The molecule has 1 aromatic heterocycles. The topological polar surface area (TPSA) is 120 Å². The standard InChI is InChI=1S/C21H22F2N4O4S2/c1-13(2)33(30,31)16-5-3-14(4-6-16)7-18-26-17(11-32-18)20(29)25-10-19(28)27-12-21(22,23)8-15(27)9-24/h3-6,11,13,15H,7-8,10,12H2,1-2H3,(H,25,29)/t15-/m0/s1. The zero-order valence-electron chi connectivity index (χ0n) is 17.9. The van der Waals surface area contributed by atoms with Gasteiger partial charge in [0.1, 0.15) is 11.7 Å². The van der Waals surface area contributed by atoms with Crippen LogP contribution in [0.5, 0.6) is 0 Å². The minimum atomic E-state index is -3.36. The van der Waals surface area contributed by atoms with Gasteiger partial charge in [-0.1, -0.05) is 12.1 Å². The number of aromatic nitrogens is 1. The van der Waals surface area contributed by atoms with Crippen molar-refractivity contribution in [3.05, 3.63) is 45.9 Å². The Hall–Kier alpha value is -2.91. The van der Waals surface area contributed by atoms with Crippen molar-refractivity contribution in [2.75, 3.05) is 13.1 Å². The van der Waals surface area contributed by atoms with Crippen molar-refractivity contribution >= 4 is 33.0 Å². The molecule has 0 saturated carbocycles. The number of benzene rings is 1. The van der Waals surface area contributed by atoms with Crippen LogP contribution in [0.2, 0.25) is 0 Å². The van der Waals surface area contributed by atoms with Crippen LogP contribution < -0.4 is 5.32 Å². The Morgan fingerprint density at radius 3 is 2.61 bits per heavy atom. The van der Waals surface area contributed by atoms with Gasteiger partial charge in [0, 0.05) is 18.2 Å². The molecule has 1 atom stereocenters. The van der Waals surface area contributed by atoms with E-state index in [1.165, 1.54) is 28.8 Å². The Labute approximate surface area is 194 Å². The van der Waals surface area contributed by atoms with E-state index in [0.717, 1.165) is 10.5 Å². The SMILES string of the molecule is CC(C)S(=O)(=O)c1ccc(Cc2nc(C(=O)NCC(=O)N3CC(F)(F)C[C@H]3C#N)cs2)cc1. The second-order valence-electron chi connectivity index (χ2n) is 7.95. The van der Waals surface area contributed by atoms with Crippen LogP contribution in [0.1, 0.15) is 41.3 Å². The summed E-state index contributed by atoms with van der Waals surface area (Å²) in [4.78, 5) is 29.7. The molecule has 2 heterocycles. The highest BCUT2D eigenvalue weighted by molar-refractivity contribution is 7.92. The van der Waals surface area contributed by atoms with Crippen LogP contribution in [0, 0.1) is 11.3 Å². The maximum Gasteiger partial charge on any atom is 0.271 e. The molecule has 1 aliphatic rings. The molecule has 0 bridgehead atoms. The molecule has 1 saturated heterocycles. The number of halogens is 2. The Morgan fingerprint density at radius 2 is 2.00 bits per heavy atom. The number of likely N-dealkylation sites (tertiary alicyclic amines) is 1. The molecule has 0 aliphatic carbocycles. The Kier molecular flexibility index (Phi) is 7.14. The molecular weight excluding hydrogens is 474 g/mol. The number of carbonyl (C=O) groups excluding carboxylic acids is 2. The highest BCUT2D eigenvalue weighted by Crippen LogP contribution is 2.31. The fourth-order valence-electron chi connectivity index (χ4n) is 3.28. The van der Waals surface area contributed by atoms with Crippen molar-refractivity contribution in [2.45, 2.75) is 48.8 Å². The third-order valence-electron chi connectivity index (χ3n) is 5.15. The number of rotatable bonds is 7. The summed E-state index contributed by atoms with van der Waals surface area (Å²) in [5.74, 6) is -4.52. The van der Waals surface area contributed by atoms with E-state index in [-0.39, 0.29) is 10.6 Å². The van der Waals surface area contributed by atoms with Crippen LogP contribution >= 0.6 is 11.3 Å². The number of alkyl halides is 2. The van der Waals surface area contributed by atoms with Gasteiger partial charge in [-0.15, -0.1) is 11.3 Å². The van der Waals surface area contributed by atoms with Gasteiger partial charge < -0.3 is 10.2 Å². The first-order valence-electron chi connectivity index (χ1n) is 10.1. The van der Waals surface area contributed by atoms with E-state index in [0.29, 0.717) is 11.4 Å². The summed E-state index contributed by atoms with van der Waals surface area (Å²) in [6, 6.07) is 6.90. The Bertz CT molecular complexity index is 1190. The van der Waals surface area contributed by atoms with E-state index in [9.17, 15) is 26.8 Å². The normalized spacial score (nSPS) is 17.7. The smallest absolute Gasteiger partial charge is 0.271 e. The number of nitrogens with one attached hydrogen (secondary N) is 1. The van der Waals surface area contributed by atoms with Crippen LogP contribution in [0.15, 0.2) is 34.5 Å². The molecule has 0 unspecified atom stereocenters. The van der Waals surface area contributed by atoms with Gasteiger partial charge in [-0.3, -0.25) is 9.59 Å². The van der Waals surface area contributed by atoms with Crippen molar-refractivity contribution in [1.29, 1.82) is 5.26 Å². The van der Waals surface area contributed by atoms with Crippen molar-refractivity contribution in [1.82, 2.24) is 15.2 Å². The Balaban J connectivity index is 1.57. The van der Waals surface area contributed by atoms with E-state index in [2.05, 4.69) is 10.3 Å². The number of thiazole rings is 1. The van der Waals surface area contributed by atoms with Gasteiger partial charge in [0.2, 0.25) is 5.91 Å². The second kappa shape index (κ2) is 9.52. The summed E-state index contributed by atoms with van der Waals surface area (Å²) < 4.78 is 51.4. The van der Waals surface area contributed by atoms with Gasteiger partial charge in [-0.2, -0.15) is 5.26 Å². The lowest BCUT2D eigenvalue weighted by Gasteiger charge is -2.19. The summed E-state index contributed by atoms with van der Waals surface area (Å²) in [7, 11) is -3.36. The quantitative estimate of drug-likeness (QED) is 0.629. The van der Waals surface area contributed by atoms with Gasteiger partial charge in [0.05, 0.1) is 34.3 Å². The molecular formula is C21H22F2N4O4S2.